The number of nitrogens with zero attached hydrogens (tertiary/aromatic N) is 7. The Balaban J connectivity index is 0.000000187. The van der Waals surface area contributed by atoms with E-state index in [0.717, 1.165) is 125 Å². The molecule has 2 N–H and O–H groups in total. The Morgan fingerprint density at radius 2 is 0.979 bits per heavy atom. The number of fused-ring (bicyclic) bond motifs is 3. The van der Waals surface area contributed by atoms with Gasteiger partial charge < -0.3 is 48.6 Å². The summed E-state index contributed by atoms with van der Waals surface area (Å²) in [4.78, 5) is 68.4. The first-order valence-corrected chi connectivity index (χ1v) is 36.0. The molecular weight excluding hydrogens is 1300 g/mol. The summed E-state index contributed by atoms with van der Waals surface area (Å²) in [7, 11) is 5.45. The minimum Gasteiger partial charge on any atom is -0.750 e. The maximum Gasteiger partial charge on any atom is 0.455 e. The summed E-state index contributed by atoms with van der Waals surface area (Å²) >= 11 is 1.69. The van der Waals surface area contributed by atoms with Crippen LogP contribution in [0, 0.1) is 16.7 Å². The van der Waals surface area contributed by atoms with Gasteiger partial charge in [-0.05, 0) is 204 Å². The highest BCUT2D eigenvalue weighted by Crippen LogP contribution is 2.44. The molecule has 1 fully saturated rings. The first kappa shape index (κ1) is 76.4. The summed E-state index contributed by atoms with van der Waals surface area (Å²) < 4.78 is 38.8. The van der Waals surface area contributed by atoms with Crippen molar-refractivity contribution < 1.29 is 61.3 Å². The van der Waals surface area contributed by atoms with Gasteiger partial charge in [-0.1, -0.05) is 50.3 Å². The second-order valence-corrected chi connectivity index (χ2v) is 27.5. The third kappa shape index (κ3) is 21.4. The third-order valence-corrected chi connectivity index (χ3v) is 21.1. The molecular formula is C68H89N8O13S5-. The molecule has 4 aliphatic carbocycles. The number of anilines is 3. The van der Waals surface area contributed by atoms with Crippen molar-refractivity contribution in [2.24, 2.45) is 10.2 Å². The van der Waals surface area contributed by atoms with Crippen LogP contribution in [0.4, 0.5) is 32.1 Å². The largest absolute Gasteiger partial charge is 0.750 e. The molecule has 5 aromatic rings. The van der Waals surface area contributed by atoms with Gasteiger partial charge in [-0.25, -0.2) is 18.6 Å². The summed E-state index contributed by atoms with van der Waals surface area (Å²) in [6.45, 7) is 4.90. The highest BCUT2D eigenvalue weighted by Gasteiger charge is 2.33. The van der Waals surface area contributed by atoms with Crippen LogP contribution >= 0.6 is 47.5 Å². The second kappa shape index (κ2) is 40.1. The van der Waals surface area contributed by atoms with Crippen molar-refractivity contribution in [1.82, 2.24) is 0 Å². The summed E-state index contributed by atoms with van der Waals surface area (Å²) in [6.07, 6.45) is 32.6. The number of ketones is 1. The third-order valence-electron chi connectivity index (χ3n) is 17.5. The molecule has 0 radical (unpaired) electrons. The van der Waals surface area contributed by atoms with E-state index in [9.17, 15) is 24.0 Å². The number of azo groups is 1. The first-order valence-electron chi connectivity index (χ1n) is 32.5. The Kier molecular flexibility index (Phi) is 32.6. The minimum absolute atomic E-state index is 0. The molecule has 13 rings (SSSR count). The van der Waals surface area contributed by atoms with Gasteiger partial charge in [0.25, 0.3) is 0 Å². The monoisotopic (exact) mass is 1390 g/mol. The quantitative estimate of drug-likeness (QED) is 0.0182. The lowest BCUT2D eigenvalue weighted by Crippen LogP contribution is -2.34. The molecule has 1 unspecified atom stereocenters. The number of esters is 4. The number of diazo groups is 1. The number of ether oxygens (including phenoxy) is 4. The number of thiophene rings is 3. The number of hydrogen-bond acceptors (Lipinski definition) is 23. The molecule has 0 saturated heterocycles. The van der Waals surface area contributed by atoms with Crippen LogP contribution in [-0.2, 0) is 108 Å². The summed E-state index contributed by atoms with van der Waals surface area (Å²) in [5.41, 5.74) is 20.8. The summed E-state index contributed by atoms with van der Waals surface area (Å²) in [5.74, 6) is -0.973. The number of carbonyl (C=O) groups is 5. The zero-order valence-corrected chi connectivity index (χ0v) is 58.8. The second-order valence-electron chi connectivity index (χ2n) is 23.6. The van der Waals surface area contributed by atoms with Gasteiger partial charge in [-0.15, -0.1) is 32.9 Å². The Hall–Kier alpha value is -6.62. The Labute approximate surface area is 573 Å². The van der Waals surface area contributed by atoms with Crippen molar-refractivity contribution in [1.29, 1.82) is 10.7 Å². The van der Waals surface area contributed by atoms with Gasteiger partial charge >= 0.3 is 28.9 Å². The molecule has 1 saturated carbocycles. The van der Waals surface area contributed by atoms with Gasteiger partial charge in [-0.3, -0.25) is 9.59 Å². The van der Waals surface area contributed by atoms with Gasteiger partial charge in [0, 0.05) is 65.0 Å². The van der Waals surface area contributed by atoms with Crippen molar-refractivity contribution in [3.8, 4) is 6.07 Å². The van der Waals surface area contributed by atoms with Crippen LogP contribution < -0.4 is 20.8 Å². The van der Waals surface area contributed by atoms with Gasteiger partial charge in [0.15, 0.2) is 15.5 Å². The number of benzene rings is 2. The minimum atomic E-state index is -2.88. The predicted octanol–water partition coefficient (Wildman–Crippen LogP) is 14.1. The number of rotatable bonds is 7. The topological polar surface area (TPSA) is 304 Å². The van der Waals surface area contributed by atoms with Gasteiger partial charge in [-0.2, -0.15) is 18.8 Å². The molecule has 8 aliphatic rings. The van der Waals surface area contributed by atoms with E-state index in [1.54, 1.807) is 45.6 Å². The number of methoxy groups -OCH3 is 4. The normalized spacial score (nSPS) is 16.6. The molecule has 510 valence electrons. The number of hydrogen-bond donors (Lipinski definition) is 1. The highest BCUT2D eigenvalue weighted by atomic mass is 32.2. The fourth-order valence-electron chi connectivity index (χ4n) is 13.2. The highest BCUT2D eigenvalue weighted by molar-refractivity contribution is 7.73. The molecule has 0 amide bonds. The van der Waals surface area contributed by atoms with Crippen LogP contribution in [0.2, 0.25) is 0 Å². The SMILES string of the molecule is COC(=O)CC#N.COC(=O)c1c(N)sc2c1CCCCC2.COC(=O)c1c(N=Nc2cc3c4c(c2)CCCN4CCC3)sc2c1CCCCC2.COC(=O)c1c([N+]#N)sc2c1CCCCC2.O=C1CCCCCC1.O=S([O-])O[O-].S.c1cc2c3c(c1)CCCN3CCC2. The van der Waals surface area contributed by atoms with E-state index in [1.807, 2.05) is 0 Å². The van der Waals surface area contributed by atoms with Crippen LogP contribution in [0.3, 0.4) is 0 Å². The number of nitrogen functional groups attached to an aromatic ring is 1. The van der Waals surface area contributed by atoms with Gasteiger partial charge in [0.05, 0.1) is 57.1 Å². The number of aryl methyl sites for hydroxylation is 7. The Morgan fingerprint density at radius 1 is 0.574 bits per heavy atom. The van der Waals surface area contributed by atoms with Gasteiger partial charge in [0.1, 0.15) is 22.8 Å². The smallest absolute Gasteiger partial charge is 0.455 e. The van der Waals surface area contributed by atoms with Crippen molar-refractivity contribution in [2.75, 3.05) is 70.2 Å². The lowest BCUT2D eigenvalue weighted by molar-refractivity contribution is -0.635. The summed E-state index contributed by atoms with van der Waals surface area (Å²) in [6, 6.07) is 12.9. The molecule has 2 aromatic carbocycles. The van der Waals surface area contributed by atoms with E-state index in [1.165, 1.54) is 181 Å². The van der Waals surface area contributed by atoms with E-state index >= 15 is 0 Å². The summed E-state index contributed by atoms with van der Waals surface area (Å²) in [5, 5.41) is 36.1. The first-order chi connectivity index (χ1) is 45.2. The average Bonchev–Trinajstić information content (AvgIpc) is 1.22. The molecule has 26 heteroatoms. The van der Waals surface area contributed by atoms with Crippen molar-refractivity contribution in [3.05, 3.63) is 106 Å². The fourth-order valence-corrected chi connectivity index (χ4v) is 16.7. The van der Waals surface area contributed by atoms with Crippen LogP contribution in [0.25, 0.3) is 4.98 Å². The fraction of sp³-hybridized carbons (Fsp3) is 0.559. The lowest BCUT2D eigenvalue weighted by Gasteiger charge is -2.36. The van der Waals surface area contributed by atoms with E-state index in [0.29, 0.717) is 37.5 Å². The van der Waals surface area contributed by atoms with E-state index < -0.39 is 23.3 Å². The standard InChI is InChI=1S/C23H27N3O2S.C12H15N.C11H13N2O2S.C11H15NO2S.C7H12O.C4H5NO2.H2O4S.H2S/c1-28-23(27)20-18-9-3-2-4-10-19(18)29-22(20)25-24-17-13-15-7-5-11-26-12-6-8-16(14-17)21(15)26;1-4-10-6-2-8-13-9-3-7-11(5-1)12(10)13;1-15-11(14)9-7-5-3-2-4-6-8(7)16-10(9)13-12;1-14-11(13)9-7-5-3-2-4-6-8(7)15-10(9)12;8-7-5-3-1-2-4-6-7;1-7-4(6)2-3-5;1-4-5(2)3;/h13-14H,2-12H2,1H3;1,4-5H,2-3,6-9H2;2-6H2,1H3;2-6,12H2,1H3;1-6H2;2H2,1H3;1H,(H,2,3);1H2/q;;+1;;;;;/p-2. The van der Waals surface area contributed by atoms with Crippen LogP contribution in [0.5, 0.6) is 0 Å². The van der Waals surface area contributed by atoms with Crippen LogP contribution in [-0.4, -0.2) is 93.0 Å². The molecule has 4 aliphatic heterocycles. The maximum atomic E-state index is 12.5. The van der Waals surface area contributed by atoms with Crippen molar-refractivity contribution in [2.45, 2.75) is 193 Å². The van der Waals surface area contributed by atoms with Crippen LogP contribution in [0.15, 0.2) is 40.6 Å². The van der Waals surface area contributed by atoms with E-state index in [-0.39, 0.29) is 31.9 Å². The van der Waals surface area contributed by atoms with E-state index in [4.69, 9.17) is 44.6 Å². The average molecular weight is 1390 g/mol. The number of carbonyl (C=O) groups excluding carboxylic acids is 5. The van der Waals surface area contributed by atoms with E-state index in [2.05, 4.69) is 64.4 Å². The van der Waals surface area contributed by atoms with Crippen LogP contribution in [0.1, 0.15) is 213 Å². The zero-order valence-electron chi connectivity index (χ0n) is 54.6. The maximum absolute atomic E-state index is 12.5. The van der Waals surface area contributed by atoms with Gasteiger partial charge in [0.2, 0.25) is 5.39 Å². The molecule has 0 bridgehead atoms. The molecule has 3 aromatic heterocycles. The molecule has 1 atom stereocenters. The number of nitrogens with two attached hydrogens (primary N) is 1. The van der Waals surface area contributed by atoms with Crippen molar-refractivity contribution >= 4 is 121 Å². The Morgan fingerprint density at radius 3 is 1.44 bits per heavy atom. The van der Waals surface area contributed by atoms with Crippen molar-refractivity contribution in [3.63, 3.8) is 0 Å². The number of nitriles is 1. The molecule has 0 spiro atoms. The lowest BCUT2D eigenvalue weighted by atomic mass is 9.91. The predicted molar refractivity (Wildman–Crippen MR) is 370 cm³/mol. The number of Topliss-reactive ketones (excluding diaryl/α,β-unsaturated/α-hetero) is 1. The molecule has 7 heterocycles. The Bertz CT molecular complexity index is 3440. The zero-order chi connectivity index (χ0) is 66.7. The molecule has 94 heavy (non-hydrogen) atoms. The number of para-hydroxylation sites is 1. The molecule has 21 nitrogen and oxygen atoms in total.